The summed E-state index contributed by atoms with van der Waals surface area (Å²) in [5, 5.41) is 0.218. The van der Waals surface area contributed by atoms with Crippen LogP contribution in [0.5, 0.6) is 0 Å². The molecule has 0 fully saturated rings. The Balaban J connectivity index is 2.14. The second kappa shape index (κ2) is 5.87. The highest BCUT2D eigenvalue weighted by Crippen LogP contribution is 2.33. The second-order valence-corrected chi connectivity index (χ2v) is 8.98. The molecule has 0 saturated heterocycles. The molecule has 0 N–H and O–H groups in total. The lowest BCUT2D eigenvalue weighted by Gasteiger charge is -2.20. The fourth-order valence-electron chi connectivity index (χ4n) is 2.74. The predicted molar refractivity (Wildman–Crippen MR) is 94.7 cm³/mol. The van der Waals surface area contributed by atoms with Crippen molar-refractivity contribution in [2.45, 2.75) is 37.3 Å². The van der Waals surface area contributed by atoms with Gasteiger partial charge in [0, 0.05) is 11.6 Å². The van der Waals surface area contributed by atoms with E-state index in [2.05, 4.69) is 0 Å². The number of nitrogens with zero attached hydrogens (tertiary/aromatic N) is 1. The molecule has 1 heterocycles. The van der Waals surface area contributed by atoms with Crippen molar-refractivity contribution in [3.05, 3.63) is 65.9 Å². The molecule has 3 nitrogen and oxygen atoms in total. The molecule has 0 amide bonds. The van der Waals surface area contributed by atoms with Gasteiger partial charge in [-0.25, -0.2) is 12.4 Å². The maximum atomic E-state index is 13.0. The van der Waals surface area contributed by atoms with E-state index < -0.39 is 21.8 Å². The number of benzene rings is 2. The maximum Gasteiger partial charge on any atom is 0.416 e. The molecule has 0 aliphatic heterocycles. The van der Waals surface area contributed by atoms with E-state index in [1.807, 2.05) is 26.8 Å². The van der Waals surface area contributed by atoms with Gasteiger partial charge >= 0.3 is 6.18 Å². The van der Waals surface area contributed by atoms with Crippen LogP contribution < -0.4 is 0 Å². The van der Waals surface area contributed by atoms with Gasteiger partial charge in [-0.3, -0.25) is 0 Å². The van der Waals surface area contributed by atoms with Gasteiger partial charge in [0.25, 0.3) is 10.0 Å². The van der Waals surface area contributed by atoms with Crippen LogP contribution in [0.4, 0.5) is 13.2 Å². The molecule has 0 unspecified atom stereocenters. The molecule has 3 aromatic rings. The summed E-state index contributed by atoms with van der Waals surface area (Å²) in [7, 11) is -3.92. The van der Waals surface area contributed by atoms with Crippen molar-refractivity contribution in [3.8, 4) is 0 Å². The Kier molecular flexibility index (Phi) is 4.18. The Morgan fingerprint density at radius 1 is 0.885 bits per heavy atom. The first-order valence-electron chi connectivity index (χ1n) is 7.95. The quantitative estimate of drug-likeness (QED) is 0.612. The Labute approximate surface area is 150 Å². The molecule has 0 atom stereocenters. The lowest BCUT2D eigenvalue weighted by atomic mass is 9.87. The molecular weight excluding hydrogens is 363 g/mol. The lowest BCUT2D eigenvalue weighted by Crippen LogP contribution is -2.15. The van der Waals surface area contributed by atoms with Crippen molar-refractivity contribution in [1.29, 1.82) is 0 Å². The summed E-state index contributed by atoms with van der Waals surface area (Å²) in [5.74, 6) is 0. The first-order valence-corrected chi connectivity index (χ1v) is 9.39. The third-order valence-corrected chi connectivity index (χ3v) is 5.92. The van der Waals surface area contributed by atoms with Crippen LogP contribution in [0.1, 0.15) is 31.9 Å². The van der Waals surface area contributed by atoms with Crippen LogP contribution in [0, 0.1) is 0 Å². The fourth-order valence-corrected chi connectivity index (χ4v) is 4.14. The van der Waals surface area contributed by atoms with E-state index in [0.29, 0.717) is 0 Å². The van der Waals surface area contributed by atoms with Crippen molar-refractivity contribution in [2.75, 3.05) is 0 Å². The lowest BCUT2D eigenvalue weighted by molar-refractivity contribution is -0.137. The minimum absolute atomic E-state index is 0.0994. The highest BCUT2D eigenvalue weighted by molar-refractivity contribution is 7.90. The molecule has 26 heavy (non-hydrogen) atoms. The zero-order chi connectivity index (χ0) is 19.3. The van der Waals surface area contributed by atoms with Gasteiger partial charge in [-0.2, -0.15) is 13.2 Å². The number of hydrogen-bond acceptors (Lipinski definition) is 2. The largest absolute Gasteiger partial charge is 0.416 e. The fraction of sp³-hybridized carbons (Fsp3) is 0.263. The maximum absolute atomic E-state index is 13.0. The molecule has 0 saturated carbocycles. The molecule has 3 rings (SSSR count). The van der Waals surface area contributed by atoms with Gasteiger partial charge in [-0.05, 0) is 47.4 Å². The van der Waals surface area contributed by atoms with E-state index in [9.17, 15) is 21.6 Å². The standard InChI is InChI=1S/C19H18F3NO2S/c1-18(2,3)14-5-4-6-16(12-14)26(24,25)23-10-9-13-11-15(19(20,21)22)7-8-17(13)23/h4-12H,1-3H3. The first kappa shape index (κ1) is 18.5. The van der Waals surface area contributed by atoms with Gasteiger partial charge in [0.15, 0.2) is 0 Å². The summed E-state index contributed by atoms with van der Waals surface area (Å²) in [6.45, 7) is 5.92. The van der Waals surface area contributed by atoms with Gasteiger partial charge < -0.3 is 0 Å². The number of hydrogen-bond donors (Lipinski definition) is 0. The van der Waals surface area contributed by atoms with Crippen molar-refractivity contribution in [2.24, 2.45) is 0 Å². The minimum Gasteiger partial charge on any atom is -0.241 e. The minimum atomic E-state index is -4.48. The zero-order valence-electron chi connectivity index (χ0n) is 14.5. The first-order chi connectivity index (χ1) is 11.9. The van der Waals surface area contributed by atoms with E-state index in [0.717, 1.165) is 21.7 Å². The number of fused-ring (bicyclic) bond motifs is 1. The summed E-state index contributed by atoms with van der Waals surface area (Å²) < 4.78 is 65.6. The molecule has 0 aliphatic rings. The van der Waals surface area contributed by atoms with Crippen LogP contribution in [0.3, 0.4) is 0 Å². The third kappa shape index (κ3) is 3.23. The summed E-state index contributed by atoms with van der Waals surface area (Å²) in [5.41, 5.74) is 0.0229. The van der Waals surface area contributed by atoms with Crippen LogP contribution in [-0.4, -0.2) is 12.4 Å². The molecule has 0 radical (unpaired) electrons. The predicted octanol–water partition coefficient (Wildman–Crippen LogP) is 5.19. The van der Waals surface area contributed by atoms with Crippen LogP contribution in [0.15, 0.2) is 59.6 Å². The van der Waals surface area contributed by atoms with Crippen LogP contribution in [-0.2, 0) is 21.6 Å². The van der Waals surface area contributed by atoms with Crippen LogP contribution in [0.2, 0.25) is 0 Å². The highest BCUT2D eigenvalue weighted by atomic mass is 32.2. The molecule has 1 aromatic heterocycles. The molecule has 0 spiro atoms. The van der Waals surface area contributed by atoms with Crippen LogP contribution >= 0.6 is 0 Å². The van der Waals surface area contributed by atoms with Crippen LogP contribution in [0.25, 0.3) is 10.9 Å². The smallest absolute Gasteiger partial charge is 0.241 e. The van der Waals surface area contributed by atoms with Gasteiger partial charge in [-0.1, -0.05) is 32.9 Å². The highest BCUT2D eigenvalue weighted by Gasteiger charge is 2.31. The van der Waals surface area contributed by atoms with Crippen molar-refractivity contribution in [3.63, 3.8) is 0 Å². The molecule has 0 bridgehead atoms. The van der Waals surface area contributed by atoms with E-state index in [1.165, 1.54) is 24.4 Å². The number of alkyl halides is 3. The summed E-state index contributed by atoms with van der Waals surface area (Å²) in [4.78, 5) is 0.0994. The number of halogens is 3. The Hall–Kier alpha value is -2.28. The van der Waals surface area contributed by atoms with Crippen molar-refractivity contribution < 1.29 is 21.6 Å². The van der Waals surface area contributed by atoms with Gasteiger partial charge in [-0.15, -0.1) is 0 Å². The molecule has 7 heteroatoms. The SMILES string of the molecule is CC(C)(C)c1cccc(S(=O)(=O)n2ccc3cc(C(F)(F)F)ccc32)c1. The molecular formula is C19H18F3NO2S. The molecule has 2 aromatic carbocycles. The summed E-state index contributed by atoms with van der Waals surface area (Å²) in [6.07, 6.45) is -3.19. The topological polar surface area (TPSA) is 39.1 Å². The second-order valence-electron chi connectivity index (χ2n) is 7.17. The monoisotopic (exact) mass is 381 g/mol. The Bertz CT molecular complexity index is 1070. The molecule has 138 valence electrons. The average Bonchev–Trinajstić information content (AvgIpc) is 2.97. The van der Waals surface area contributed by atoms with Gasteiger partial charge in [0.2, 0.25) is 0 Å². The average molecular weight is 381 g/mol. The Morgan fingerprint density at radius 3 is 2.19 bits per heavy atom. The summed E-state index contributed by atoms with van der Waals surface area (Å²) in [6, 6.07) is 11.0. The van der Waals surface area contributed by atoms with E-state index in [-0.39, 0.29) is 21.2 Å². The van der Waals surface area contributed by atoms with Crippen molar-refractivity contribution in [1.82, 2.24) is 3.97 Å². The van der Waals surface area contributed by atoms with Crippen molar-refractivity contribution >= 4 is 20.9 Å². The van der Waals surface area contributed by atoms with E-state index in [1.54, 1.807) is 12.1 Å². The normalized spacial score (nSPS) is 13.3. The van der Waals surface area contributed by atoms with Gasteiger partial charge in [0.1, 0.15) is 0 Å². The number of aromatic nitrogens is 1. The van der Waals surface area contributed by atoms with Gasteiger partial charge in [0.05, 0.1) is 16.0 Å². The molecule has 0 aliphatic carbocycles. The Morgan fingerprint density at radius 2 is 1.58 bits per heavy atom. The van der Waals surface area contributed by atoms with E-state index in [4.69, 9.17) is 0 Å². The van der Waals surface area contributed by atoms with E-state index >= 15 is 0 Å². The number of rotatable bonds is 2. The summed E-state index contributed by atoms with van der Waals surface area (Å²) >= 11 is 0. The third-order valence-electron chi connectivity index (χ3n) is 4.24. The zero-order valence-corrected chi connectivity index (χ0v) is 15.3.